The van der Waals surface area contributed by atoms with Gasteiger partial charge in [0.2, 0.25) is 0 Å². The third-order valence-electron chi connectivity index (χ3n) is 4.33. The molecular weight excluding hydrogens is 270 g/mol. The van der Waals surface area contributed by atoms with Gasteiger partial charge >= 0.3 is 5.97 Å². The zero-order valence-corrected chi connectivity index (χ0v) is 12.0. The minimum Gasteiger partial charge on any atom is -0.478 e. The first-order valence-electron chi connectivity index (χ1n) is 7.50. The lowest BCUT2D eigenvalue weighted by atomic mass is 10.0. The highest BCUT2D eigenvalue weighted by molar-refractivity contribution is 5.93. The zero-order valence-electron chi connectivity index (χ0n) is 12.0. The maximum atomic E-state index is 11.2. The van der Waals surface area contributed by atoms with Gasteiger partial charge in [-0.2, -0.15) is 0 Å². The molecule has 2 saturated heterocycles. The molecule has 3 rings (SSSR count). The van der Waals surface area contributed by atoms with Gasteiger partial charge in [0.1, 0.15) is 11.4 Å². The first-order valence-corrected chi connectivity index (χ1v) is 7.50. The average molecular weight is 291 g/mol. The third kappa shape index (κ3) is 3.33. The molecule has 1 atom stereocenters. The number of carboxylic acid groups (broad SMARTS) is 1. The van der Waals surface area contributed by atoms with Gasteiger partial charge in [0.15, 0.2) is 0 Å². The monoisotopic (exact) mass is 291 g/mol. The van der Waals surface area contributed by atoms with Gasteiger partial charge in [0.05, 0.1) is 6.61 Å². The second-order valence-electron chi connectivity index (χ2n) is 5.68. The number of piperidine rings is 1. The Balaban J connectivity index is 1.57. The SMILES string of the molecule is O=C(O)c1cccnc1NC1CCN(C2CCOC2)CC1. The number of nitrogens with one attached hydrogen (secondary N) is 1. The summed E-state index contributed by atoms with van der Waals surface area (Å²) in [5.41, 5.74) is 0.240. The molecule has 1 aromatic heterocycles. The van der Waals surface area contributed by atoms with Crippen molar-refractivity contribution in [2.75, 3.05) is 31.6 Å². The summed E-state index contributed by atoms with van der Waals surface area (Å²) in [6.07, 6.45) is 4.76. The van der Waals surface area contributed by atoms with Crippen LogP contribution in [-0.2, 0) is 4.74 Å². The summed E-state index contributed by atoms with van der Waals surface area (Å²) in [6, 6.07) is 4.09. The number of ether oxygens (including phenoxy) is 1. The molecule has 114 valence electrons. The molecule has 1 aromatic rings. The summed E-state index contributed by atoms with van der Waals surface area (Å²) < 4.78 is 5.44. The molecule has 0 spiro atoms. The van der Waals surface area contributed by atoms with Crippen LogP contribution >= 0.6 is 0 Å². The van der Waals surface area contributed by atoms with Crippen molar-refractivity contribution in [2.45, 2.75) is 31.3 Å². The molecule has 0 aliphatic carbocycles. The first-order chi connectivity index (χ1) is 10.2. The van der Waals surface area contributed by atoms with Crippen molar-refractivity contribution < 1.29 is 14.6 Å². The lowest BCUT2D eigenvalue weighted by Crippen LogP contribution is -2.45. The van der Waals surface area contributed by atoms with E-state index in [-0.39, 0.29) is 11.6 Å². The van der Waals surface area contributed by atoms with Crippen LogP contribution in [0.4, 0.5) is 5.82 Å². The van der Waals surface area contributed by atoms with Crippen LogP contribution in [0.3, 0.4) is 0 Å². The molecule has 0 amide bonds. The summed E-state index contributed by atoms with van der Waals surface area (Å²) >= 11 is 0. The zero-order chi connectivity index (χ0) is 14.7. The van der Waals surface area contributed by atoms with Gasteiger partial charge in [-0.15, -0.1) is 0 Å². The molecule has 2 aliphatic heterocycles. The predicted molar refractivity (Wildman–Crippen MR) is 78.6 cm³/mol. The molecule has 6 nitrogen and oxygen atoms in total. The highest BCUT2D eigenvalue weighted by Crippen LogP contribution is 2.22. The number of aromatic nitrogens is 1. The molecule has 21 heavy (non-hydrogen) atoms. The number of pyridine rings is 1. The molecule has 2 N–H and O–H groups in total. The Bertz CT molecular complexity index is 495. The number of carboxylic acids is 1. The Hall–Kier alpha value is -1.66. The fraction of sp³-hybridized carbons (Fsp3) is 0.600. The van der Waals surface area contributed by atoms with Crippen molar-refractivity contribution in [3.8, 4) is 0 Å². The first kappa shape index (κ1) is 14.3. The summed E-state index contributed by atoms with van der Waals surface area (Å²) in [6.45, 7) is 3.78. The van der Waals surface area contributed by atoms with Crippen LogP contribution in [0.5, 0.6) is 0 Å². The van der Waals surface area contributed by atoms with Gasteiger partial charge in [0.25, 0.3) is 0 Å². The van der Waals surface area contributed by atoms with E-state index in [0.29, 0.717) is 11.9 Å². The molecule has 0 radical (unpaired) electrons. The second-order valence-corrected chi connectivity index (χ2v) is 5.68. The highest BCUT2D eigenvalue weighted by atomic mass is 16.5. The van der Waals surface area contributed by atoms with E-state index in [4.69, 9.17) is 4.74 Å². The van der Waals surface area contributed by atoms with Crippen molar-refractivity contribution in [1.82, 2.24) is 9.88 Å². The smallest absolute Gasteiger partial charge is 0.339 e. The molecular formula is C15H21N3O3. The number of aromatic carboxylic acids is 1. The van der Waals surface area contributed by atoms with E-state index in [0.717, 1.165) is 45.6 Å². The maximum absolute atomic E-state index is 11.2. The number of nitrogens with zero attached hydrogens (tertiary/aromatic N) is 2. The van der Waals surface area contributed by atoms with Crippen LogP contribution in [0.1, 0.15) is 29.6 Å². The highest BCUT2D eigenvalue weighted by Gasteiger charge is 2.28. The van der Waals surface area contributed by atoms with Crippen LogP contribution < -0.4 is 5.32 Å². The van der Waals surface area contributed by atoms with Crippen LogP contribution in [0.15, 0.2) is 18.3 Å². The largest absolute Gasteiger partial charge is 0.478 e. The Morgan fingerprint density at radius 3 is 2.86 bits per heavy atom. The van der Waals surface area contributed by atoms with Crippen LogP contribution in [0.25, 0.3) is 0 Å². The van der Waals surface area contributed by atoms with Gasteiger partial charge in [0, 0.05) is 38.0 Å². The quantitative estimate of drug-likeness (QED) is 0.874. The minimum absolute atomic E-state index is 0.240. The number of carbonyl (C=O) groups is 1. The van der Waals surface area contributed by atoms with E-state index >= 15 is 0 Å². The molecule has 0 aromatic carbocycles. The standard InChI is InChI=1S/C15H21N3O3/c19-15(20)13-2-1-6-16-14(13)17-11-3-7-18(8-4-11)12-5-9-21-10-12/h1-2,6,11-12H,3-5,7-10H2,(H,16,17)(H,19,20). The molecule has 1 unspecified atom stereocenters. The normalized spacial score (nSPS) is 24.1. The molecule has 3 heterocycles. The van der Waals surface area contributed by atoms with E-state index in [1.807, 2.05) is 0 Å². The van der Waals surface area contributed by atoms with Gasteiger partial charge in [-0.05, 0) is 31.4 Å². The minimum atomic E-state index is -0.939. The maximum Gasteiger partial charge on any atom is 0.339 e. The van der Waals surface area contributed by atoms with Crippen LogP contribution in [0, 0.1) is 0 Å². The van der Waals surface area contributed by atoms with E-state index in [1.165, 1.54) is 0 Å². The molecule has 0 bridgehead atoms. The van der Waals surface area contributed by atoms with Crippen molar-refractivity contribution in [1.29, 1.82) is 0 Å². The average Bonchev–Trinajstić information content (AvgIpc) is 3.03. The fourth-order valence-electron chi connectivity index (χ4n) is 3.11. The van der Waals surface area contributed by atoms with E-state index < -0.39 is 5.97 Å². The van der Waals surface area contributed by atoms with Crippen molar-refractivity contribution in [2.24, 2.45) is 0 Å². The van der Waals surface area contributed by atoms with Gasteiger partial charge < -0.3 is 15.2 Å². The van der Waals surface area contributed by atoms with Crippen molar-refractivity contribution >= 4 is 11.8 Å². The molecule has 2 aliphatic rings. The lowest BCUT2D eigenvalue weighted by molar-refractivity contribution is 0.0697. The second kappa shape index (κ2) is 6.41. The van der Waals surface area contributed by atoms with E-state index in [1.54, 1.807) is 18.3 Å². The summed E-state index contributed by atoms with van der Waals surface area (Å²) in [4.78, 5) is 17.8. The predicted octanol–water partition coefficient (Wildman–Crippen LogP) is 1.45. The number of hydrogen-bond acceptors (Lipinski definition) is 5. The van der Waals surface area contributed by atoms with Crippen LogP contribution in [-0.4, -0.2) is 59.3 Å². The van der Waals surface area contributed by atoms with Gasteiger partial charge in [-0.25, -0.2) is 9.78 Å². The molecule has 2 fully saturated rings. The summed E-state index contributed by atoms with van der Waals surface area (Å²) in [5, 5.41) is 12.5. The summed E-state index contributed by atoms with van der Waals surface area (Å²) in [5.74, 6) is -0.459. The Labute approximate surface area is 124 Å². The van der Waals surface area contributed by atoms with Gasteiger partial charge in [-0.1, -0.05) is 0 Å². The lowest BCUT2D eigenvalue weighted by Gasteiger charge is -2.35. The van der Waals surface area contributed by atoms with Crippen LogP contribution in [0.2, 0.25) is 0 Å². The summed E-state index contributed by atoms with van der Waals surface area (Å²) in [7, 11) is 0. The van der Waals surface area contributed by atoms with Crippen molar-refractivity contribution in [3.63, 3.8) is 0 Å². The Morgan fingerprint density at radius 2 is 2.19 bits per heavy atom. The third-order valence-corrected chi connectivity index (χ3v) is 4.33. The Morgan fingerprint density at radius 1 is 1.38 bits per heavy atom. The number of likely N-dealkylation sites (tertiary alicyclic amines) is 1. The topological polar surface area (TPSA) is 74.7 Å². The van der Waals surface area contributed by atoms with Gasteiger partial charge in [-0.3, -0.25) is 4.90 Å². The fourth-order valence-corrected chi connectivity index (χ4v) is 3.11. The molecule has 0 saturated carbocycles. The van der Waals surface area contributed by atoms with E-state index in [2.05, 4.69) is 15.2 Å². The number of anilines is 1. The number of rotatable bonds is 4. The Kier molecular flexibility index (Phi) is 4.36. The van der Waals surface area contributed by atoms with E-state index in [9.17, 15) is 9.90 Å². The number of hydrogen-bond donors (Lipinski definition) is 2. The van der Waals surface area contributed by atoms with Crippen molar-refractivity contribution in [3.05, 3.63) is 23.9 Å². The molecule has 6 heteroatoms.